The van der Waals surface area contributed by atoms with Gasteiger partial charge in [-0.15, -0.1) is 0 Å². The van der Waals surface area contributed by atoms with Crippen LogP contribution in [0, 0.1) is 0 Å². The van der Waals surface area contributed by atoms with Crippen LogP contribution >= 0.6 is 11.6 Å². The van der Waals surface area contributed by atoms with E-state index in [1.807, 2.05) is 60.7 Å². The lowest BCUT2D eigenvalue weighted by atomic mass is 10.1. The molecule has 3 N–H and O–H groups in total. The largest absolute Gasteiger partial charge is 0.493 e. The number of benzene rings is 3. The van der Waals surface area contributed by atoms with Crippen LogP contribution in [0.1, 0.15) is 11.1 Å². The Hall–Kier alpha value is -3.38. The molecule has 1 heterocycles. The van der Waals surface area contributed by atoms with Crippen molar-refractivity contribution in [3.63, 3.8) is 0 Å². The van der Waals surface area contributed by atoms with Crippen molar-refractivity contribution in [2.45, 2.75) is 13.2 Å². The van der Waals surface area contributed by atoms with E-state index in [0.717, 1.165) is 27.8 Å². The normalized spacial score (nSPS) is 10.8. The van der Waals surface area contributed by atoms with Gasteiger partial charge in [0.05, 0.1) is 18.1 Å². The molecule has 0 radical (unpaired) electrons. The van der Waals surface area contributed by atoms with E-state index >= 15 is 0 Å². The van der Waals surface area contributed by atoms with E-state index in [2.05, 4.69) is 15.3 Å². The molecule has 0 aliphatic rings. The lowest BCUT2D eigenvalue weighted by Gasteiger charge is -2.16. The molecule has 7 heteroatoms. The van der Waals surface area contributed by atoms with Crippen molar-refractivity contribution in [2.24, 2.45) is 0 Å². The summed E-state index contributed by atoms with van der Waals surface area (Å²) in [6.45, 7) is 0.939. The first-order valence-electron chi connectivity index (χ1n) is 9.11. The standard InChI is InChI=1S/C22H20ClN3O3/c1-28-20-4-2-3-15(21(20)29-13-14-5-7-16(23)8-6-14)12-24-17-9-10-18-19(11-17)26-22(27)25-18/h2-11,24H,12-13H2,1H3,(H2,25,26,27). The monoisotopic (exact) mass is 409 g/mol. The van der Waals surface area contributed by atoms with E-state index in [1.165, 1.54) is 0 Å². The third-order valence-corrected chi connectivity index (χ3v) is 4.83. The second kappa shape index (κ2) is 8.32. The van der Waals surface area contributed by atoms with Crippen molar-refractivity contribution in [1.82, 2.24) is 9.97 Å². The van der Waals surface area contributed by atoms with Gasteiger partial charge < -0.3 is 24.8 Å². The predicted molar refractivity (Wildman–Crippen MR) is 115 cm³/mol. The summed E-state index contributed by atoms with van der Waals surface area (Å²) in [5, 5.41) is 4.06. The Kier molecular flexibility index (Phi) is 5.44. The van der Waals surface area contributed by atoms with E-state index in [1.54, 1.807) is 7.11 Å². The third kappa shape index (κ3) is 4.38. The first kappa shape index (κ1) is 19.0. The number of halogens is 1. The van der Waals surface area contributed by atoms with Crippen LogP contribution in [-0.2, 0) is 13.2 Å². The number of aromatic nitrogens is 2. The average Bonchev–Trinajstić information content (AvgIpc) is 3.11. The van der Waals surface area contributed by atoms with E-state index < -0.39 is 0 Å². The molecule has 3 aromatic carbocycles. The summed E-state index contributed by atoms with van der Waals surface area (Å²) in [4.78, 5) is 16.9. The molecule has 0 unspecified atom stereocenters. The Morgan fingerprint density at radius 3 is 2.59 bits per heavy atom. The number of imidazole rings is 1. The molecule has 148 valence electrons. The summed E-state index contributed by atoms with van der Waals surface area (Å²) >= 11 is 5.95. The van der Waals surface area contributed by atoms with Crippen LogP contribution in [0.5, 0.6) is 11.5 Å². The second-order valence-electron chi connectivity index (χ2n) is 6.56. The maximum Gasteiger partial charge on any atom is 0.323 e. The zero-order valence-electron chi connectivity index (χ0n) is 15.8. The number of hydrogen-bond acceptors (Lipinski definition) is 4. The highest BCUT2D eigenvalue weighted by Crippen LogP contribution is 2.32. The van der Waals surface area contributed by atoms with Crippen LogP contribution in [0.4, 0.5) is 5.69 Å². The van der Waals surface area contributed by atoms with Crippen molar-refractivity contribution < 1.29 is 9.47 Å². The number of fused-ring (bicyclic) bond motifs is 1. The van der Waals surface area contributed by atoms with E-state index in [0.29, 0.717) is 29.7 Å². The van der Waals surface area contributed by atoms with Gasteiger partial charge in [-0.1, -0.05) is 35.9 Å². The first-order valence-corrected chi connectivity index (χ1v) is 9.49. The summed E-state index contributed by atoms with van der Waals surface area (Å²) in [6, 6.07) is 19.0. The summed E-state index contributed by atoms with van der Waals surface area (Å²) in [5.41, 5.74) is 4.17. The highest BCUT2D eigenvalue weighted by Gasteiger charge is 2.11. The molecule has 0 amide bonds. The van der Waals surface area contributed by atoms with Crippen molar-refractivity contribution in [1.29, 1.82) is 0 Å². The number of nitrogens with one attached hydrogen (secondary N) is 3. The minimum absolute atomic E-state index is 0.220. The number of ether oxygens (including phenoxy) is 2. The van der Waals surface area contributed by atoms with Gasteiger partial charge in [0, 0.05) is 22.8 Å². The number of H-pyrrole nitrogens is 2. The van der Waals surface area contributed by atoms with Gasteiger partial charge in [0.15, 0.2) is 11.5 Å². The fourth-order valence-electron chi connectivity index (χ4n) is 3.10. The van der Waals surface area contributed by atoms with Gasteiger partial charge in [0.25, 0.3) is 0 Å². The molecule has 0 fully saturated rings. The minimum atomic E-state index is -0.220. The lowest BCUT2D eigenvalue weighted by molar-refractivity contribution is 0.281. The number of rotatable bonds is 7. The van der Waals surface area contributed by atoms with Crippen molar-refractivity contribution in [3.8, 4) is 11.5 Å². The Morgan fingerprint density at radius 1 is 1.00 bits per heavy atom. The van der Waals surface area contributed by atoms with Crippen LogP contribution in [0.2, 0.25) is 5.02 Å². The molecule has 6 nitrogen and oxygen atoms in total. The minimum Gasteiger partial charge on any atom is -0.493 e. The molecule has 4 aromatic rings. The zero-order chi connectivity index (χ0) is 20.2. The molecule has 0 atom stereocenters. The molecule has 4 rings (SSSR count). The smallest absolute Gasteiger partial charge is 0.323 e. The fraction of sp³-hybridized carbons (Fsp3) is 0.136. The first-order chi connectivity index (χ1) is 14.1. The third-order valence-electron chi connectivity index (χ3n) is 4.58. The number of para-hydroxylation sites is 1. The molecule has 0 saturated heterocycles. The topological polar surface area (TPSA) is 79.1 Å². The molecular formula is C22H20ClN3O3. The summed E-state index contributed by atoms with van der Waals surface area (Å²) in [5.74, 6) is 1.36. The Bertz CT molecular complexity index is 1180. The van der Waals surface area contributed by atoms with Crippen LogP contribution in [0.15, 0.2) is 65.5 Å². The molecular weight excluding hydrogens is 390 g/mol. The predicted octanol–water partition coefficient (Wildman–Crippen LogP) is 4.71. The van der Waals surface area contributed by atoms with Gasteiger partial charge in [-0.25, -0.2) is 4.79 Å². The zero-order valence-corrected chi connectivity index (χ0v) is 16.5. The Labute approximate surface area is 172 Å². The molecule has 1 aromatic heterocycles. The quantitative estimate of drug-likeness (QED) is 0.413. The van der Waals surface area contributed by atoms with Crippen LogP contribution in [0.25, 0.3) is 11.0 Å². The number of hydrogen-bond donors (Lipinski definition) is 3. The molecule has 0 aliphatic carbocycles. The summed E-state index contributed by atoms with van der Waals surface area (Å²) < 4.78 is 11.6. The highest BCUT2D eigenvalue weighted by molar-refractivity contribution is 6.30. The van der Waals surface area contributed by atoms with E-state index in [4.69, 9.17) is 21.1 Å². The van der Waals surface area contributed by atoms with Gasteiger partial charge in [-0.2, -0.15) is 0 Å². The van der Waals surface area contributed by atoms with Gasteiger partial charge in [-0.3, -0.25) is 0 Å². The lowest BCUT2D eigenvalue weighted by Crippen LogP contribution is -2.05. The van der Waals surface area contributed by atoms with Gasteiger partial charge >= 0.3 is 5.69 Å². The molecule has 0 saturated carbocycles. The molecule has 0 bridgehead atoms. The van der Waals surface area contributed by atoms with Crippen LogP contribution in [-0.4, -0.2) is 17.1 Å². The fourth-order valence-corrected chi connectivity index (χ4v) is 3.23. The Balaban J connectivity index is 1.52. The SMILES string of the molecule is COc1cccc(CNc2ccc3[nH]c(=O)[nH]c3c2)c1OCc1ccc(Cl)cc1. The van der Waals surface area contributed by atoms with E-state index in [-0.39, 0.29) is 5.69 Å². The number of methoxy groups -OCH3 is 1. The maximum atomic E-state index is 11.4. The molecule has 0 spiro atoms. The van der Waals surface area contributed by atoms with Gasteiger partial charge in [0.2, 0.25) is 0 Å². The average molecular weight is 410 g/mol. The molecule has 29 heavy (non-hydrogen) atoms. The number of anilines is 1. The van der Waals surface area contributed by atoms with Crippen LogP contribution < -0.4 is 20.5 Å². The van der Waals surface area contributed by atoms with Crippen molar-refractivity contribution in [3.05, 3.63) is 87.3 Å². The number of aromatic amines is 2. The summed E-state index contributed by atoms with van der Waals surface area (Å²) in [7, 11) is 1.62. The van der Waals surface area contributed by atoms with E-state index in [9.17, 15) is 4.79 Å². The highest BCUT2D eigenvalue weighted by atomic mass is 35.5. The van der Waals surface area contributed by atoms with Crippen molar-refractivity contribution >= 4 is 28.3 Å². The van der Waals surface area contributed by atoms with Crippen molar-refractivity contribution in [2.75, 3.05) is 12.4 Å². The maximum absolute atomic E-state index is 11.4. The summed E-state index contributed by atoms with van der Waals surface area (Å²) in [6.07, 6.45) is 0. The molecule has 0 aliphatic heterocycles. The van der Waals surface area contributed by atoms with Gasteiger partial charge in [0.1, 0.15) is 6.61 Å². The Morgan fingerprint density at radius 2 is 1.79 bits per heavy atom. The van der Waals surface area contributed by atoms with Crippen LogP contribution in [0.3, 0.4) is 0 Å². The second-order valence-corrected chi connectivity index (χ2v) is 6.99. The van der Waals surface area contributed by atoms with Gasteiger partial charge in [-0.05, 0) is 42.0 Å².